The van der Waals surface area contributed by atoms with Crippen LogP contribution in [-0.4, -0.2) is 30.5 Å². The molecule has 0 bridgehead atoms. The first-order valence-corrected chi connectivity index (χ1v) is 7.04. The highest BCUT2D eigenvalue weighted by Gasteiger charge is 2.54. The summed E-state index contributed by atoms with van der Waals surface area (Å²) in [5, 5.41) is 11.2. The fourth-order valence-electron chi connectivity index (χ4n) is 3.92. The van der Waals surface area contributed by atoms with Gasteiger partial charge in [-0.3, -0.25) is 0 Å². The summed E-state index contributed by atoms with van der Waals surface area (Å²) in [6.07, 6.45) is 5.10. The van der Waals surface area contributed by atoms with Crippen molar-refractivity contribution in [3.63, 3.8) is 0 Å². The quantitative estimate of drug-likeness (QED) is 0.776. The van der Waals surface area contributed by atoms with Gasteiger partial charge in [0.2, 0.25) is 0 Å². The molecule has 2 aliphatic rings. The molecule has 0 aromatic rings. The first-order chi connectivity index (χ1) is 8.04. The van der Waals surface area contributed by atoms with E-state index in [0.717, 1.165) is 38.9 Å². The van der Waals surface area contributed by atoms with Gasteiger partial charge >= 0.3 is 0 Å². The largest absolute Gasteiger partial charge is 0.389 e. The molecule has 3 N–H and O–H groups in total. The summed E-state index contributed by atoms with van der Waals surface area (Å²) in [5.41, 5.74) is 5.35. The molecule has 0 aromatic carbocycles. The van der Waals surface area contributed by atoms with Gasteiger partial charge in [0.15, 0.2) is 0 Å². The van der Waals surface area contributed by atoms with Gasteiger partial charge in [-0.25, -0.2) is 0 Å². The standard InChI is InChI=1S/C14H27NO2/c1-11-3-4-12(2)14(16,9-11)13(10-15)5-7-17-8-6-13/h11-12,16H,3-10,15H2,1-2H3. The minimum atomic E-state index is -0.580. The predicted octanol–water partition coefficient (Wildman–Crippen LogP) is 1.93. The van der Waals surface area contributed by atoms with Gasteiger partial charge in [0.25, 0.3) is 0 Å². The Bertz CT molecular complexity index is 263. The van der Waals surface area contributed by atoms with Crippen molar-refractivity contribution in [2.75, 3.05) is 19.8 Å². The molecule has 0 radical (unpaired) electrons. The molecular formula is C14H27NO2. The van der Waals surface area contributed by atoms with Gasteiger partial charge in [-0.05, 0) is 37.5 Å². The van der Waals surface area contributed by atoms with Gasteiger partial charge in [0.1, 0.15) is 0 Å². The molecule has 100 valence electrons. The predicted molar refractivity (Wildman–Crippen MR) is 68.7 cm³/mol. The summed E-state index contributed by atoms with van der Waals surface area (Å²) in [6, 6.07) is 0. The highest BCUT2D eigenvalue weighted by molar-refractivity contribution is 5.05. The van der Waals surface area contributed by atoms with E-state index in [2.05, 4.69) is 13.8 Å². The van der Waals surface area contributed by atoms with Crippen LogP contribution in [0.5, 0.6) is 0 Å². The van der Waals surface area contributed by atoms with E-state index in [1.807, 2.05) is 0 Å². The van der Waals surface area contributed by atoms with Crippen LogP contribution in [0.4, 0.5) is 0 Å². The monoisotopic (exact) mass is 241 g/mol. The Hall–Kier alpha value is -0.120. The molecule has 3 unspecified atom stereocenters. The molecular weight excluding hydrogens is 214 g/mol. The van der Waals surface area contributed by atoms with Gasteiger partial charge in [-0.1, -0.05) is 20.3 Å². The highest BCUT2D eigenvalue weighted by Crippen LogP contribution is 2.51. The minimum absolute atomic E-state index is 0.112. The SMILES string of the molecule is CC1CCC(C)C(O)(C2(CN)CCOCC2)C1. The van der Waals surface area contributed by atoms with Crippen molar-refractivity contribution < 1.29 is 9.84 Å². The molecule has 1 aliphatic heterocycles. The Kier molecular flexibility index (Phi) is 3.81. The van der Waals surface area contributed by atoms with E-state index < -0.39 is 5.60 Å². The summed E-state index contributed by atoms with van der Waals surface area (Å²) >= 11 is 0. The smallest absolute Gasteiger partial charge is 0.0745 e. The lowest BCUT2D eigenvalue weighted by Gasteiger charge is -2.55. The number of ether oxygens (including phenoxy) is 1. The first kappa shape index (κ1) is 13.3. The van der Waals surface area contributed by atoms with Gasteiger partial charge in [0, 0.05) is 25.2 Å². The Morgan fingerprint density at radius 1 is 1.24 bits per heavy atom. The van der Waals surface area contributed by atoms with Crippen LogP contribution in [0.2, 0.25) is 0 Å². The second kappa shape index (κ2) is 4.87. The van der Waals surface area contributed by atoms with Crippen molar-refractivity contribution in [2.45, 2.75) is 51.6 Å². The van der Waals surface area contributed by atoms with Crippen LogP contribution in [0.1, 0.15) is 46.0 Å². The zero-order valence-corrected chi connectivity index (χ0v) is 11.2. The molecule has 0 spiro atoms. The van der Waals surface area contributed by atoms with Gasteiger partial charge in [-0.15, -0.1) is 0 Å². The minimum Gasteiger partial charge on any atom is -0.389 e. The maximum Gasteiger partial charge on any atom is 0.0745 e. The van der Waals surface area contributed by atoms with Crippen LogP contribution in [-0.2, 0) is 4.74 Å². The third-order valence-corrected chi connectivity index (χ3v) is 5.33. The van der Waals surface area contributed by atoms with Crippen LogP contribution in [0, 0.1) is 17.3 Å². The number of nitrogens with two attached hydrogens (primary N) is 1. The van der Waals surface area contributed by atoms with E-state index in [1.165, 1.54) is 6.42 Å². The summed E-state index contributed by atoms with van der Waals surface area (Å²) < 4.78 is 5.46. The van der Waals surface area contributed by atoms with Crippen LogP contribution < -0.4 is 5.73 Å². The summed E-state index contributed by atoms with van der Waals surface area (Å²) in [7, 11) is 0. The molecule has 17 heavy (non-hydrogen) atoms. The number of hydrogen-bond acceptors (Lipinski definition) is 3. The summed E-state index contributed by atoms with van der Waals surface area (Å²) in [6.45, 7) is 6.53. The van der Waals surface area contributed by atoms with Crippen molar-refractivity contribution in [3.05, 3.63) is 0 Å². The Morgan fingerprint density at radius 2 is 1.88 bits per heavy atom. The maximum absolute atomic E-state index is 11.2. The van der Waals surface area contributed by atoms with Gasteiger partial charge in [-0.2, -0.15) is 0 Å². The van der Waals surface area contributed by atoms with E-state index in [9.17, 15) is 5.11 Å². The van der Waals surface area contributed by atoms with E-state index in [-0.39, 0.29) is 5.41 Å². The van der Waals surface area contributed by atoms with Crippen LogP contribution in [0.3, 0.4) is 0 Å². The number of rotatable bonds is 2. The first-order valence-electron chi connectivity index (χ1n) is 7.04. The summed E-state index contributed by atoms with van der Waals surface area (Å²) in [5.74, 6) is 0.975. The van der Waals surface area contributed by atoms with Crippen LogP contribution in [0.25, 0.3) is 0 Å². The van der Waals surface area contributed by atoms with Crippen molar-refractivity contribution in [3.8, 4) is 0 Å². The molecule has 0 aromatic heterocycles. The average molecular weight is 241 g/mol. The Labute approximate surface area is 105 Å². The van der Waals surface area contributed by atoms with Crippen LogP contribution in [0.15, 0.2) is 0 Å². The molecule has 3 heteroatoms. The lowest BCUT2D eigenvalue weighted by molar-refractivity contribution is -0.179. The normalized spacial score (nSPS) is 42.4. The topological polar surface area (TPSA) is 55.5 Å². The van der Waals surface area contributed by atoms with Gasteiger partial charge in [0.05, 0.1) is 5.60 Å². The van der Waals surface area contributed by atoms with Gasteiger partial charge < -0.3 is 15.6 Å². The van der Waals surface area contributed by atoms with Crippen molar-refractivity contribution in [2.24, 2.45) is 23.0 Å². The van der Waals surface area contributed by atoms with Crippen molar-refractivity contribution >= 4 is 0 Å². The molecule has 2 rings (SSSR count). The number of hydrogen-bond donors (Lipinski definition) is 2. The van der Waals surface area contributed by atoms with Crippen molar-refractivity contribution in [1.82, 2.24) is 0 Å². The lowest BCUT2D eigenvalue weighted by atomic mass is 9.56. The van der Waals surface area contributed by atoms with E-state index in [4.69, 9.17) is 10.5 Å². The van der Waals surface area contributed by atoms with Crippen molar-refractivity contribution in [1.29, 1.82) is 0 Å². The fraction of sp³-hybridized carbons (Fsp3) is 1.00. The molecule has 3 atom stereocenters. The maximum atomic E-state index is 11.2. The fourth-order valence-corrected chi connectivity index (χ4v) is 3.92. The van der Waals surface area contributed by atoms with Crippen LogP contribution >= 0.6 is 0 Å². The molecule has 1 aliphatic carbocycles. The lowest BCUT2D eigenvalue weighted by Crippen LogP contribution is -2.60. The third-order valence-electron chi connectivity index (χ3n) is 5.33. The molecule has 1 saturated carbocycles. The zero-order chi connectivity index (χ0) is 12.5. The number of aliphatic hydroxyl groups is 1. The molecule has 1 heterocycles. The van der Waals surface area contributed by atoms with E-state index in [1.54, 1.807) is 0 Å². The molecule has 2 fully saturated rings. The van der Waals surface area contributed by atoms with E-state index >= 15 is 0 Å². The average Bonchev–Trinajstić information content (AvgIpc) is 2.35. The van der Waals surface area contributed by atoms with E-state index in [0.29, 0.717) is 18.4 Å². The second-order valence-electron chi connectivity index (χ2n) is 6.31. The molecule has 0 amide bonds. The Morgan fingerprint density at radius 3 is 2.47 bits per heavy atom. The zero-order valence-electron chi connectivity index (χ0n) is 11.2. The Balaban J connectivity index is 2.26. The molecule has 1 saturated heterocycles. The highest BCUT2D eigenvalue weighted by atomic mass is 16.5. The second-order valence-corrected chi connectivity index (χ2v) is 6.31. The molecule has 3 nitrogen and oxygen atoms in total. The third kappa shape index (κ3) is 2.13. The summed E-state index contributed by atoms with van der Waals surface area (Å²) in [4.78, 5) is 0.